The molecular formula is C32H43Cl2N3O4. The number of aromatic hydroxyl groups is 1. The first-order valence-corrected chi connectivity index (χ1v) is 16.2. The minimum absolute atomic E-state index is 0.156. The summed E-state index contributed by atoms with van der Waals surface area (Å²) in [5.41, 5.74) is 1.04. The lowest BCUT2D eigenvalue weighted by molar-refractivity contribution is -0.174. The smallest absolute Gasteiger partial charge is 0.264 e. The first kappa shape index (κ1) is 29.4. The summed E-state index contributed by atoms with van der Waals surface area (Å²) in [5.74, 6) is 2.13. The molecule has 10 atom stereocenters. The van der Waals surface area contributed by atoms with Crippen LogP contribution >= 0.6 is 23.2 Å². The SMILES string of the molecule is C[C@H](CCC(=O)N=Nc1c(O)[nH]c2c(Cl)cc(Cl)cc12)[C@@H]1CC[C@@H]2[C@H]3[C@H](O)C[C@H]4C[C@H](O)CC[C@@]4(C)[C@H]3CC[C@@]21C. The van der Waals surface area contributed by atoms with Gasteiger partial charge in [-0.2, -0.15) is 0 Å². The van der Waals surface area contributed by atoms with Crippen LogP contribution in [-0.2, 0) is 4.79 Å². The number of aromatic nitrogens is 1. The number of carbonyl (C=O) groups excluding carboxylic acids is 1. The highest BCUT2D eigenvalue weighted by atomic mass is 35.5. The summed E-state index contributed by atoms with van der Waals surface area (Å²) >= 11 is 12.3. The van der Waals surface area contributed by atoms with Crippen molar-refractivity contribution in [3.05, 3.63) is 22.2 Å². The van der Waals surface area contributed by atoms with E-state index in [0.29, 0.717) is 62.9 Å². The van der Waals surface area contributed by atoms with Crippen LogP contribution in [0.2, 0.25) is 10.0 Å². The lowest BCUT2D eigenvalue weighted by Gasteiger charge is -2.62. The molecule has 0 radical (unpaired) electrons. The van der Waals surface area contributed by atoms with E-state index in [0.717, 1.165) is 51.4 Å². The predicted octanol–water partition coefficient (Wildman–Crippen LogP) is 8.20. The number of hydrogen-bond donors (Lipinski definition) is 4. The number of carbonyl (C=O) groups is 1. The average molecular weight is 605 g/mol. The molecule has 4 saturated carbocycles. The highest BCUT2D eigenvalue weighted by molar-refractivity contribution is 6.38. The van der Waals surface area contributed by atoms with Crippen LogP contribution < -0.4 is 0 Å². The zero-order valence-electron chi connectivity index (χ0n) is 24.2. The third kappa shape index (κ3) is 4.93. The van der Waals surface area contributed by atoms with Gasteiger partial charge >= 0.3 is 0 Å². The molecule has 7 nitrogen and oxygen atoms in total. The van der Waals surface area contributed by atoms with Gasteiger partial charge in [0.25, 0.3) is 5.91 Å². The fraction of sp³-hybridized carbons (Fsp3) is 0.719. The van der Waals surface area contributed by atoms with Gasteiger partial charge in [0.2, 0.25) is 5.88 Å². The molecule has 0 spiro atoms. The Hall–Kier alpha value is -1.67. The molecule has 4 N–H and O–H groups in total. The molecule has 4 aliphatic carbocycles. The summed E-state index contributed by atoms with van der Waals surface area (Å²) in [6.07, 6.45) is 8.76. The standard InChI is InChI=1S/C32H43Cl2N3O4/c1-16(4-7-26(40)36-37-29-20-14-18(33)15-24(34)28(20)35-30(29)41)21-5-6-22-27-23(9-11-32(21,22)3)31(2)10-8-19(38)12-17(31)13-25(27)39/h14-17,19,21-23,25,27,35,38-39,41H,4-13H2,1-3H3/t16-,17-,19-,21+,22-,23+,25-,27-,31-,32-/m1/s1. The number of rotatable bonds is 5. The van der Waals surface area contributed by atoms with Gasteiger partial charge in [-0.25, -0.2) is 0 Å². The van der Waals surface area contributed by atoms with E-state index in [9.17, 15) is 20.1 Å². The number of aliphatic hydroxyl groups is 2. The van der Waals surface area contributed by atoms with Gasteiger partial charge in [-0.3, -0.25) is 4.79 Å². The second kappa shape index (κ2) is 10.8. The van der Waals surface area contributed by atoms with E-state index in [1.807, 2.05) is 0 Å². The maximum atomic E-state index is 12.8. The topological polar surface area (TPSA) is 118 Å². The molecular weight excluding hydrogens is 561 g/mol. The number of benzene rings is 1. The van der Waals surface area contributed by atoms with E-state index in [1.54, 1.807) is 12.1 Å². The van der Waals surface area contributed by atoms with Gasteiger partial charge < -0.3 is 20.3 Å². The second-order valence-electron chi connectivity index (χ2n) is 14.2. The molecule has 2 aromatic rings. The molecule has 1 amide bonds. The lowest BCUT2D eigenvalue weighted by atomic mass is 9.43. The first-order valence-electron chi connectivity index (χ1n) is 15.4. The maximum Gasteiger partial charge on any atom is 0.264 e. The van der Waals surface area contributed by atoms with Gasteiger partial charge in [0.15, 0.2) is 5.69 Å². The van der Waals surface area contributed by atoms with E-state index in [1.165, 1.54) is 6.42 Å². The van der Waals surface area contributed by atoms with E-state index in [2.05, 4.69) is 36.0 Å². The molecule has 1 aromatic heterocycles. The molecule has 9 heteroatoms. The van der Waals surface area contributed by atoms with Crippen molar-refractivity contribution in [3.63, 3.8) is 0 Å². The first-order chi connectivity index (χ1) is 19.4. The fourth-order valence-electron chi connectivity index (χ4n) is 10.2. The fourth-order valence-corrected chi connectivity index (χ4v) is 10.7. The van der Waals surface area contributed by atoms with Crippen molar-refractivity contribution in [2.24, 2.45) is 56.6 Å². The second-order valence-corrected chi connectivity index (χ2v) is 15.0. The zero-order valence-corrected chi connectivity index (χ0v) is 25.8. The van der Waals surface area contributed by atoms with Gasteiger partial charge in [-0.15, -0.1) is 10.2 Å². The molecule has 41 heavy (non-hydrogen) atoms. The number of halogens is 2. The number of azo groups is 1. The molecule has 0 unspecified atom stereocenters. The summed E-state index contributed by atoms with van der Waals surface area (Å²) in [6, 6.07) is 3.20. The summed E-state index contributed by atoms with van der Waals surface area (Å²) in [4.78, 5) is 15.5. The normalized spacial score (nSPS) is 39.4. The molecule has 224 valence electrons. The Labute approximate surface area is 252 Å². The average Bonchev–Trinajstić information content (AvgIpc) is 3.43. The number of aliphatic hydroxyl groups excluding tert-OH is 2. The Balaban J connectivity index is 1.11. The highest BCUT2D eigenvalue weighted by Crippen LogP contribution is 2.68. The Kier molecular flexibility index (Phi) is 7.74. The van der Waals surface area contributed by atoms with E-state index in [4.69, 9.17) is 23.2 Å². The molecule has 0 bridgehead atoms. The number of nitrogens with one attached hydrogen (secondary N) is 1. The van der Waals surface area contributed by atoms with Gasteiger partial charge in [0.05, 0.1) is 22.7 Å². The summed E-state index contributed by atoms with van der Waals surface area (Å²) in [6.45, 7) is 7.16. The van der Waals surface area contributed by atoms with Crippen molar-refractivity contribution < 1.29 is 20.1 Å². The highest BCUT2D eigenvalue weighted by Gasteiger charge is 2.62. The third-order valence-corrected chi connectivity index (χ3v) is 12.8. The predicted molar refractivity (Wildman–Crippen MR) is 161 cm³/mol. The van der Waals surface area contributed by atoms with Crippen molar-refractivity contribution in [3.8, 4) is 5.88 Å². The number of nitrogens with zero attached hydrogens (tertiary/aromatic N) is 2. The summed E-state index contributed by atoms with van der Waals surface area (Å²) in [5, 5.41) is 41.4. The Bertz CT molecular complexity index is 1360. The van der Waals surface area contributed by atoms with Gasteiger partial charge in [0.1, 0.15) is 0 Å². The van der Waals surface area contributed by atoms with Crippen molar-refractivity contribution >= 4 is 45.7 Å². The summed E-state index contributed by atoms with van der Waals surface area (Å²) in [7, 11) is 0. The van der Waals surface area contributed by atoms with E-state index < -0.39 is 0 Å². The van der Waals surface area contributed by atoms with Crippen molar-refractivity contribution in [1.29, 1.82) is 0 Å². The molecule has 1 heterocycles. The van der Waals surface area contributed by atoms with Crippen LogP contribution in [0, 0.1) is 46.3 Å². The largest absolute Gasteiger partial charge is 0.493 e. The van der Waals surface area contributed by atoms with E-state index in [-0.39, 0.29) is 40.5 Å². The van der Waals surface area contributed by atoms with Crippen LogP contribution in [0.25, 0.3) is 10.9 Å². The monoisotopic (exact) mass is 603 g/mol. The van der Waals surface area contributed by atoms with Gasteiger partial charge in [-0.05, 0) is 116 Å². The Morgan fingerprint density at radius 1 is 1.07 bits per heavy atom. The van der Waals surface area contributed by atoms with Crippen LogP contribution in [0.3, 0.4) is 0 Å². The number of aromatic amines is 1. The van der Waals surface area contributed by atoms with E-state index >= 15 is 0 Å². The zero-order chi connectivity index (χ0) is 29.3. The maximum absolute atomic E-state index is 12.8. The quantitative estimate of drug-likeness (QED) is 0.257. The summed E-state index contributed by atoms with van der Waals surface area (Å²) < 4.78 is 0. The van der Waals surface area contributed by atoms with Crippen LogP contribution in [-0.4, -0.2) is 38.4 Å². The van der Waals surface area contributed by atoms with Crippen LogP contribution in [0.4, 0.5) is 5.69 Å². The molecule has 6 rings (SSSR count). The minimum Gasteiger partial charge on any atom is -0.493 e. The number of amides is 1. The van der Waals surface area contributed by atoms with Gasteiger partial charge in [0, 0.05) is 16.8 Å². The molecule has 0 saturated heterocycles. The third-order valence-electron chi connectivity index (χ3n) is 12.3. The molecule has 1 aromatic carbocycles. The van der Waals surface area contributed by atoms with Crippen molar-refractivity contribution in [1.82, 2.24) is 4.98 Å². The van der Waals surface area contributed by atoms with Crippen molar-refractivity contribution in [2.45, 2.75) is 97.2 Å². The van der Waals surface area contributed by atoms with Gasteiger partial charge in [-0.1, -0.05) is 44.0 Å². The molecule has 4 fully saturated rings. The molecule has 0 aliphatic heterocycles. The Morgan fingerprint density at radius 3 is 2.59 bits per heavy atom. The Morgan fingerprint density at radius 2 is 1.80 bits per heavy atom. The number of fused-ring (bicyclic) bond motifs is 6. The van der Waals surface area contributed by atoms with Crippen LogP contribution in [0.5, 0.6) is 5.88 Å². The van der Waals surface area contributed by atoms with Crippen LogP contribution in [0.1, 0.15) is 85.0 Å². The van der Waals surface area contributed by atoms with Crippen molar-refractivity contribution in [2.75, 3.05) is 0 Å². The number of H-pyrrole nitrogens is 1. The molecule has 4 aliphatic rings. The minimum atomic E-state index is -0.316. The lowest BCUT2D eigenvalue weighted by Crippen LogP contribution is -2.58. The van der Waals surface area contributed by atoms with Crippen LogP contribution in [0.15, 0.2) is 22.4 Å². The number of hydrogen-bond acceptors (Lipinski definition) is 5.